The van der Waals surface area contributed by atoms with Gasteiger partial charge in [-0.25, -0.2) is 15.1 Å². The van der Waals surface area contributed by atoms with Crippen LogP contribution < -0.4 is 10.8 Å². The number of halogens is 3. The number of pyridine rings is 1. The highest BCUT2D eigenvalue weighted by Crippen LogP contribution is 2.28. The Hall–Kier alpha value is -2.27. The van der Waals surface area contributed by atoms with Crippen LogP contribution in [0.3, 0.4) is 0 Å². The maximum atomic E-state index is 13.1. The first-order valence-corrected chi connectivity index (χ1v) is 10.1. The SMILES string of the molecule is CONC(=O)c1cc(Br)cc(C)c1NC(=O)c1cc(Br)nn1-c1ncccc1Cl. The fourth-order valence-electron chi connectivity index (χ4n) is 2.62. The van der Waals surface area contributed by atoms with Gasteiger partial charge in [0.15, 0.2) is 5.82 Å². The lowest BCUT2D eigenvalue weighted by Crippen LogP contribution is -2.25. The third-order valence-electron chi connectivity index (χ3n) is 3.83. The van der Waals surface area contributed by atoms with E-state index < -0.39 is 11.8 Å². The highest BCUT2D eigenvalue weighted by molar-refractivity contribution is 9.10. The number of nitrogens with zero attached hydrogens (tertiary/aromatic N) is 3. The topological polar surface area (TPSA) is 98.1 Å². The van der Waals surface area contributed by atoms with Crippen LogP contribution in [0.1, 0.15) is 26.4 Å². The van der Waals surface area contributed by atoms with Crippen molar-refractivity contribution in [1.29, 1.82) is 0 Å². The van der Waals surface area contributed by atoms with Gasteiger partial charge in [0.1, 0.15) is 10.3 Å². The van der Waals surface area contributed by atoms with E-state index in [1.165, 1.54) is 17.9 Å². The molecule has 2 heterocycles. The Morgan fingerprint density at radius 1 is 1.21 bits per heavy atom. The van der Waals surface area contributed by atoms with Crippen LogP contribution in [0.2, 0.25) is 5.02 Å². The fraction of sp³-hybridized carbons (Fsp3) is 0.111. The third-order valence-corrected chi connectivity index (χ3v) is 4.97. The van der Waals surface area contributed by atoms with Crippen molar-refractivity contribution in [2.45, 2.75) is 6.92 Å². The van der Waals surface area contributed by atoms with Gasteiger partial charge in [-0.3, -0.25) is 14.4 Å². The molecule has 150 valence electrons. The van der Waals surface area contributed by atoms with Crippen LogP contribution in [0.15, 0.2) is 45.6 Å². The first kappa shape index (κ1) is 21.4. The van der Waals surface area contributed by atoms with Crippen LogP contribution >= 0.6 is 43.5 Å². The van der Waals surface area contributed by atoms with E-state index in [9.17, 15) is 9.59 Å². The summed E-state index contributed by atoms with van der Waals surface area (Å²) in [6.45, 7) is 1.77. The summed E-state index contributed by atoms with van der Waals surface area (Å²) < 4.78 is 2.43. The Morgan fingerprint density at radius 3 is 2.66 bits per heavy atom. The number of aromatic nitrogens is 3. The zero-order valence-electron chi connectivity index (χ0n) is 15.2. The number of benzene rings is 1. The maximum Gasteiger partial charge on any atom is 0.276 e. The Morgan fingerprint density at radius 2 is 1.97 bits per heavy atom. The number of anilines is 1. The van der Waals surface area contributed by atoms with Crippen LogP contribution in [0.25, 0.3) is 5.82 Å². The van der Waals surface area contributed by atoms with Crippen LogP contribution in [-0.4, -0.2) is 33.7 Å². The summed E-state index contributed by atoms with van der Waals surface area (Å²) in [5.41, 5.74) is 3.68. The molecule has 0 aliphatic carbocycles. The number of aryl methyl sites for hydroxylation is 1. The van der Waals surface area contributed by atoms with Gasteiger partial charge >= 0.3 is 0 Å². The molecule has 2 N–H and O–H groups in total. The number of hydroxylamine groups is 1. The average Bonchev–Trinajstić information content (AvgIpc) is 3.05. The van der Waals surface area contributed by atoms with Crippen LogP contribution in [-0.2, 0) is 4.84 Å². The second kappa shape index (κ2) is 9.04. The van der Waals surface area contributed by atoms with Gasteiger partial charge in [-0.2, -0.15) is 5.10 Å². The molecule has 2 aromatic heterocycles. The normalized spacial score (nSPS) is 10.7. The van der Waals surface area contributed by atoms with Gasteiger partial charge < -0.3 is 5.32 Å². The molecule has 8 nitrogen and oxygen atoms in total. The number of rotatable bonds is 5. The molecule has 0 unspecified atom stereocenters. The number of hydrogen-bond acceptors (Lipinski definition) is 5. The predicted octanol–water partition coefficient (Wildman–Crippen LogP) is 4.30. The van der Waals surface area contributed by atoms with Crippen molar-refractivity contribution in [3.8, 4) is 5.82 Å². The molecule has 0 saturated carbocycles. The van der Waals surface area contributed by atoms with Crippen molar-refractivity contribution in [3.05, 3.63) is 67.4 Å². The fourth-order valence-corrected chi connectivity index (χ4v) is 3.77. The van der Waals surface area contributed by atoms with Crippen LogP contribution in [0.5, 0.6) is 0 Å². The summed E-state index contributed by atoms with van der Waals surface area (Å²) in [6.07, 6.45) is 1.55. The van der Waals surface area contributed by atoms with Gasteiger partial charge in [0.25, 0.3) is 11.8 Å². The molecule has 0 spiro atoms. The third kappa shape index (κ3) is 4.67. The van der Waals surface area contributed by atoms with E-state index >= 15 is 0 Å². The van der Waals surface area contributed by atoms with Gasteiger partial charge in [-0.05, 0) is 52.7 Å². The molecule has 0 aliphatic heterocycles. The minimum absolute atomic E-state index is 0.179. The van der Waals surface area contributed by atoms with Gasteiger partial charge in [0.05, 0.1) is 23.4 Å². The van der Waals surface area contributed by atoms with E-state index in [0.29, 0.717) is 31.2 Å². The molecule has 2 amide bonds. The number of carbonyl (C=O) groups is 2. The summed E-state index contributed by atoms with van der Waals surface area (Å²) >= 11 is 12.8. The molecule has 0 atom stereocenters. The zero-order valence-corrected chi connectivity index (χ0v) is 19.1. The first-order chi connectivity index (χ1) is 13.8. The highest BCUT2D eigenvalue weighted by Gasteiger charge is 2.22. The Kier molecular flexibility index (Phi) is 6.68. The summed E-state index contributed by atoms with van der Waals surface area (Å²) in [5, 5.41) is 7.35. The smallest absolute Gasteiger partial charge is 0.276 e. The van der Waals surface area contributed by atoms with Crippen molar-refractivity contribution >= 4 is 61.0 Å². The minimum atomic E-state index is -0.505. The van der Waals surface area contributed by atoms with Crippen molar-refractivity contribution in [3.63, 3.8) is 0 Å². The lowest BCUT2D eigenvalue weighted by Gasteiger charge is -2.15. The van der Waals surface area contributed by atoms with Gasteiger partial charge in [0.2, 0.25) is 0 Å². The predicted molar refractivity (Wildman–Crippen MR) is 115 cm³/mol. The molecule has 11 heteroatoms. The second-order valence-electron chi connectivity index (χ2n) is 5.81. The molecule has 1 aromatic carbocycles. The molecule has 3 rings (SSSR count). The van der Waals surface area contributed by atoms with Gasteiger partial charge in [-0.1, -0.05) is 27.5 Å². The Bertz CT molecular complexity index is 1100. The lowest BCUT2D eigenvalue weighted by molar-refractivity contribution is 0.0538. The Balaban J connectivity index is 2.03. The van der Waals surface area contributed by atoms with E-state index in [-0.39, 0.29) is 11.3 Å². The zero-order chi connectivity index (χ0) is 21.1. The Labute approximate surface area is 187 Å². The number of amides is 2. The standard InChI is InChI=1S/C18H14Br2ClN5O3/c1-9-6-10(19)7-11(17(27)25-29-2)15(9)23-18(28)13-8-14(20)24-26(13)16-12(21)4-3-5-22-16/h3-8H,1-2H3,(H,23,28)(H,25,27). The molecule has 0 saturated heterocycles. The molecule has 0 bridgehead atoms. The largest absolute Gasteiger partial charge is 0.320 e. The van der Waals surface area contributed by atoms with E-state index in [0.717, 1.165) is 0 Å². The average molecular weight is 544 g/mol. The minimum Gasteiger partial charge on any atom is -0.320 e. The van der Waals surface area contributed by atoms with Crippen molar-refractivity contribution in [2.75, 3.05) is 12.4 Å². The first-order valence-electron chi connectivity index (χ1n) is 8.13. The highest BCUT2D eigenvalue weighted by atomic mass is 79.9. The van der Waals surface area contributed by atoms with Crippen LogP contribution in [0, 0.1) is 6.92 Å². The number of hydrogen-bond donors (Lipinski definition) is 2. The summed E-state index contributed by atoms with van der Waals surface area (Å²) in [7, 11) is 1.33. The van der Waals surface area contributed by atoms with Crippen molar-refractivity contribution < 1.29 is 14.4 Å². The molecule has 29 heavy (non-hydrogen) atoms. The molecule has 0 radical (unpaired) electrons. The number of carbonyl (C=O) groups excluding carboxylic acids is 2. The van der Waals surface area contributed by atoms with Crippen molar-refractivity contribution in [1.82, 2.24) is 20.2 Å². The van der Waals surface area contributed by atoms with E-state index in [4.69, 9.17) is 16.4 Å². The quantitative estimate of drug-likeness (QED) is 0.468. The summed E-state index contributed by atoms with van der Waals surface area (Å²) in [4.78, 5) is 34.3. The molecule has 0 fully saturated rings. The van der Waals surface area contributed by atoms with Crippen molar-refractivity contribution in [2.24, 2.45) is 0 Å². The number of nitrogens with one attached hydrogen (secondary N) is 2. The van der Waals surface area contributed by atoms with E-state index in [1.54, 1.807) is 37.4 Å². The molecule has 3 aromatic rings. The van der Waals surface area contributed by atoms with Crippen LogP contribution in [0.4, 0.5) is 5.69 Å². The summed E-state index contributed by atoms with van der Waals surface area (Å²) in [6, 6.07) is 8.22. The van der Waals surface area contributed by atoms with E-state index in [1.807, 2.05) is 0 Å². The second-order valence-corrected chi connectivity index (χ2v) is 7.94. The lowest BCUT2D eigenvalue weighted by atomic mass is 10.1. The van der Waals surface area contributed by atoms with Gasteiger partial charge in [-0.15, -0.1) is 0 Å². The summed E-state index contributed by atoms with van der Waals surface area (Å²) in [5.74, 6) is -0.702. The monoisotopic (exact) mass is 541 g/mol. The molecule has 0 aliphatic rings. The molecular weight excluding hydrogens is 529 g/mol. The van der Waals surface area contributed by atoms with E-state index in [2.05, 4.69) is 52.7 Å². The maximum absolute atomic E-state index is 13.1. The van der Waals surface area contributed by atoms with Gasteiger partial charge in [0, 0.05) is 16.7 Å². The molecular formula is C18H14Br2ClN5O3.